The number of rotatable bonds is 4. The fourth-order valence-corrected chi connectivity index (χ4v) is 3.09. The monoisotopic (exact) mass is 353 g/mol. The molecule has 4 aromatic rings. The Morgan fingerprint density at radius 2 is 1.48 bits per heavy atom. The average Bonchev–Trinajstić information content (AvgIpc) is 3.24. The van der Waals surface area contributed by atoms with Crippen LogP contribution < -0.4 is 4.90 Å². The van der Waals surface area contributed by atoms with E-state index in [1.807, 2.05) is 84.9 Å². The molecule has 0 aliphatic heterocycles. The lowest BCUT2D eigenvalue weighted by atomic mass is 10.0. The van der Waals surface area contributed by atoms with Crippen molar-refractivity contribution in [3.8, 4) is 16.8 Å². The van der Waals surface area contributed by atoms with Gasteiger partial charge < -0.3 is 4.90 Å². The van der Waals surface area contributed by atoms with Crippen molar-refractivity contribution in [2.24, 2.45) is 0 Å². The Morgan fingerprint density at radius 3 is 2.22 bits per heavy atom. The number of anilines is 1. The molecule has 0 aliphatic carbocycles. The smallest absolute Gasteiger partial charge is 0.261 e. The maximum atomic E-state index is 13.0. The van der Waals surface area contributed by atoms with Crippen molar-refractivity contribution in [2.45, 2.75) is 0 Å². The highest BCUT2D eigenvalue weighted by molar-refractivity contribution is 6.07. The second-order valence-corrected chi connectivity index (χ2v) is 6.26. The van der Waals surface area contributed by atoms with Crippen molar-refractivity contribution in [1.29, 1.82) is 0 Å². The van der Waals surface area contributed by atoms with Gasteiger partial charge in [-0.15, -0.1) is 0 Å². The molecule has 4 rings (SSSR count). The lowest BCUT2D eigenvalue weighted by molar-refractivity contribution is 0.0993. The number of amides is 1. The van der Waals surface area contributed by atoms with Gasteiger partial charge in [0.15, 0.2) is 0 Å². The summed E-state index contributed by atoms with van der Waals surface area (Å²) in [5.74, 6) is -0.0967. The molecule has 0 fully saturated rings. The molecule has 0 N–H and O–H groups in total. The molecule has 1 aromatic heterocycles. The molecule has 0 bridgehead atoms. The molecule has 3 aromatic carbocycles. The topological polar surface area (TPSA) is 38.1 Å². The van der Waals surface area contributed by atoms with Crippen molar-refractivity contribution in [3.63, 3.8) is 0 Å². The number of nitrogens with zero attached hydrogens (tertiary/aromatic N) is 3. The van der Waals surface area contributed by atoms with E-state index in [4.69, 9.17) is 0 Å². The van der Waals surface area contributed by atoms with Crippen LogP contribution in [0.5, 0.6) is 0 Å². The summed E-state index contributed by atoms with van der Waals surface area (Å²) in [6.45, 7) is 0. The van der Waals surface area contributed by atoms with Crippen molar-refractivity contribution in [2.75, 3.05) is 11.9 Å². The van der Waals surface area contributed by atoms with Crippen molar-refractivity contribution < 1.29 is 4.79 Å². The Hall–Kier alpha value is -3.66. The van der Waals surface area contributed by atoms with Gasteiger partial charge in [0.05, 0.1) is 23.1 Å². The molecule has 0 saturated heterocycles. The van der Waals surface area contributed by atoms with Crippen molar-refractivity contribution in [3.05, 3.63) is 103 Å². The fourth-order valence-electron chi connectivity index (χ4n) is 3.09. The molecular weight excluding hydrogens is 334 g/mol. The summed E-state index contributed by atoms with van der Waals surface area (Å²) in [7, 11) is 1.80. The van der Waals surface area contributed by atoms with E-state index in [1.54, 1.807) is 29.0 Å². The number of carbonyl (C=O) groups excluding carboxylic acids is 1. The molecule has 0 unspecified atom stereocenters. The van der Waals surface area contributed by atoms with Gasteiger partial charge >= 0.3 is 0 Å². The van der Waals surface area contributed by atoms with Crippen LogP contribution in [0.2, 0.25) is 0 Å². The Labute approximate surface area is 158 Å². The Kier molecular flexibility index (Phi) is 4.54. The number of aromatic nitrogens is 2. The van der Waals surface area contributed by atoms with Gasteiger partial charge in [-0.2, -0.15) is 5.10 Å². The number of hydrogen-bond acceptors (Lipinski definition) is 2. The number of hydrogen-bond donors (Lipinski definition) is 0. The van der Waals surface area contributed by atoms with Crippen LogP contribution in [0.15, 0.2) is 97.3 Å². The number of carbonyl (C=O) groups is 1. The molecule has 0 aliphatic rings. The minimum atomic E-state index is -0.0967. The molecule has 4 heteroatoms. The molecule has 1 amide bonds. The molecule has 4 nitrogen and oxygen atoms in total. The van der Waals surface area contributed by atoms with Gasteiger partial charge in [-0.05, 0) is 23.8 Å². The van der Waals surface area contributed by atoms with Gasteiger partial charge in [0.1, 0.15) is 0 Å². The lowest BCUT2D eigenvalue weighted by Gasteiger charge is -2.20. The van der Waals surface area contributed by atoms with E-state index >= 15 is 0 Å². The van der Waals surface area contributed by atoms with E-state index in [0.717, 1.165) is 22.5 Å². The van der Waals surface area contributed by atoms with Crippen LogP contribution in [0.1, 0.15) is 10.4 Å². The number of para-hydroxylation sites is 2. The molecule has 0 saturated carbocycles. The van der Waals surface area contributed by atoms with Crippen LogP contribution in [0.4, 0.5) is 5.69 Å². The summed E-state index contributed by atoms with van der Waals surface area (Å²) in [5.41, 5.74) is 4.42. The lowest BCUT2D eigenvalue weighted by Crippen LogP contribution is -2.26. The summed E-state index contributed by atoms with van der Waals surface area (Å²) in [6.07, 6.45) is 3.37. The molecule has 0 radical (unpaired) electrons. The zero-order valence-corrected chi connectivity index (χ0v) is 15.0. The predicted molar refractivity (Wildman–Crippen MR) is 108 cm³/mol. The Balaban J connectivity index is 1.65. The van der Waals surface area contributed by atoms with Crippen LogP contribution in [0.25, 0.3) is 16.8 Å². The van der Waals surface area contributed by atoms with Gasteiger partial charge in [-0.25, -0.2) is 4.68 Å². The van der Waals surface area contributed by atoms with E-state index in [2.05, 4.69) is 5.10 Å². The average molecular weight is 353 g/mol. The van der Waals surface area contributed by atoms with Crippen molar-refractivity contribution >= 4 is 11.6 Å². The molecule has 132 valence electrons. The third-order valence-corrected chi connectivity index (χ3v) is 4.51. The maximum Gasteiger partial charge on any atom is 0.261 e. The summed E-state index contributed by atoms with van der Waals surface area (Å²) >= 11 is 0. The minimum Gasteiger partial charge on any atom is -0.311 e. The third kappa shape index (κ3) is 3.37. The highest BCUT2D eigenvalue weighted by Crippen LogP contribution is 2.30. The summed E-state index contributed by atoms with van der Waals surface area (Å²) in [4.78, 5) is 14.7. The standard InChI is InChI=1S/C23H19N3O/c1-25(22-15-9-8-14-21(22)18-10-4-2-5-11-18)23(27)19-16-24-26(17-19)20-12-6-3-7-13-20/h2-17H,1H3. The van der Waals surface area contributed by atoms with Gasteiger partial charge in [0, 0.05) is 18.8 Å². The van der Waals surface area contributed by atoms with Crippen molar-refractivity contribution in [1.82, 2.24) is 9.78 Å². The molecule has 0 atom stereocenters. The first-order chi connectivity index (χ1) is 13.2. The molecule has 1 heterocycles. The second-order valence-electron chi connectivity index (χ2n) is 6.26. The Morgan fingerprint density at radius 1 is 0.852 bits per heavy atom. The van der Waals surface area contributed by atoms with Gasteiger partial charge in [-0.1, -0.05) is 66.7 Å². The quantitative estimate of drug-likeness (QED) is 0.528. The van der Waals surface area contributed by atoms with Gasteiger partial charge in [0.25, 0.3) is 5.91 Å². The highest BCUT2D eigenvalue weighted by atomic mass is 16.2. The molecular formula is C23H19N3O. The largest absolute Gasteiger partial charge is 0.311 e. The first-order valence-corrected chi connectivity index (χ1v) is 8.76. The van der Waals surface area contributed by atoms with E-state index < -0.39 is 0 Å². The third-order valence-electron chi connectivity index (χ3n) is 4.51. The summed E-state index contributed by atoms with van der Waals surface area (Å²) < 4.78 is 1.71. The van der Waals surface area contributed by atoms with E-state index in [0.29, 0.717) is 5.56 Å². The van der Waals surface area contributed by atoms with Crippen LogP contribution in [-0.2, 0) is 0 Å². The second kappa shape index (κ2) is 7.30. The summed E-state index contributed by atoms with van der Waals surface area (Å²) in [6, 6.07) is 27.7. The first-order valence-electron chi connectivity index (χ1n) is 8.76. The SMILES string of the molecule is CN(C(=O)c1cnn(-c2ccccc2)c1)c1ccccc1-c1ccccc1. The fraction of sp³-hybridized carbons (Fsp3) is 0.0435. The Bertz CT molecular complexity index is 1060. The van der Waals surface area contributed by atoms with E-state index in [9.17, 15) is 4.79 Å². The van der Waals surface area contributed by atoms with Gasteiger partial charge in [-0.3, -0.25) is 4.79 Å². The highest BCUT2D eigenvalue weighted by Gasteiger charge is 2.18. The zero-order valence-electron chi connectivity index (χ0n) is 15.0. The minimum absolute atomic E-state index is 0.0967. The van der Waals surface area contributed by atoms with E-state index in [-0.39, 0.29) is 5.91 Å². The van der Waals surface area contributed by atoms with Crippen LogP contribution in [0.3, 0.4) is 0 Å². The summed E-state index contributed by atoms with van der Waals surface area (Å²) in [5, 5.41) is 4.33. The van der Waals surface area contributed by atoms with Crippen LogP contribution in [0, 0.1) is 0 Å². The molecule has 0 spiro atoms. The van der Waals surface area contributed by atoms with Crippen LogP contribution >= 0.6 is 0 Å². The van der Waals surface area contributed by atoms with E-state index in [1.165, 1.54) is 0 Å². The first kappa shape index (κ1) is 16.8. The van der Waals surface area contributed by atoms with Gasteiger partial charge in [0.2, 0.25) is 0 Å². The zero-order chi connectivity index (χ0) is 18.6. The maximum absolute atomic E-state index is 13.0. The normalized spacial score (nSPS) is 10.6. The molecule has 27 heavy (non-hydrogen) atoms. The number of benzene rings is 3. The van der Waals surface area contributed by atoms with Crippen LogP contribution in [-0.4, -0.2) is 22.7 Å². The predicted octanol–water partition coefficient (Wildman–Crippen LogP) is 4.82.